The van der Waals surface area contributed by atoms with Crippen LogP contribution < -0.4 is 5.73 Å². The number of carbonyl (C=O) groups excluding carboxylic acids is 1. The average molecular weight is 270 g/mol. The lowest BCUT2D eigenvalue weighted by atomic mass is 10.2. The van der Waals surface area contributed by atoms with Crippen molar-refractivity contribution >= 4 is 23.3 Å². The van der Waals surface area contributed by atoms with Crippen LogP contribution in [0.5, 0.6) is 0 Å². The van der Waals surface area contributed by atoms with Gasteiger partial charge >= 0.3 is 0 Å². The molecule has 2 N–H and O–H groups in total. The topological polar surface area (TPSA) is 68.5 Å². The monoisotopic (exact) mass is 269 g/mol. The maximum absolute atomic E-state index is 12.3. The highest BCUT2D eigenvalue weighted by atomic mass is 35.5. The van der Waals surface area contributed by atoms with Gasteiger partial charge in [0.2, 0.25) is 0 Å². The number of aromatic nitrogens is 1. The first-order chi connectivity index (χ1) is 8.47. The van der Waals surface area contributed by atoms with Gasteiger partial charge in [-0.15, -0.1) is 0 Å². The Morgan fingerprint density at radius 3 is 2.67 bits per heavy atom. The molecule has 18 heavy (non-hydrogen) atoms. The van der Waals surface area contributed by atoms with Crippen LogP contribution in [0.2, 0.25) is 5.02 Å². The number of hydrogen-bond donors (Lipinski definition) is 1. The zero-order valence-corrected chi connectivity index (χ0v) is 11.1. The van der Waals surface area contributed by atoms with Gasteiger partial charge in [-0.1, -0.05) is 11.6 Å². The molecule has 1 fully saturated rings. The first-order valence-electron chi connectivity index (χ1n) is 5.84. The Kier molecular flexibility index (Phi) is 3.73. The molecule has 5 nitrogen and oxygen atoms in total. The van der Waals surface area contributed by atoms with E-state index in [1.165, 1.54) is 0 Å². The van der Waals surface area contributed by atoms with Crippen molar-refractivity contribution in [3.05, 3.63) is 22.8 Å². The molecular weight excluding hydrogens is 254 g/mol. The van der Waals surface area contributed by atoms with Crippen molar-refractivity contribution in [3.8, 4) is 0 Å². The summed E-state index contributed by atoms with van der Waals surface area (Å²) < 4.78 is 5.58. The number of carbonyl (C=O) groups is 1. The number of amides is 1. The molecule has 0 aliphatic carbocycles. The van der Waals surface area contributed by atoms with Crippen LogP contribution in [-0.2, 0) is 4.74 Å². The molecule has 0 bridgehead atoms. The van der Waals surface area contributed by atoms with Crippen molar-refractivity contribution in [1.29, 1.82) is 0 Å². The molecule has 0 aromatic carbocycles. The quantitative estimate of drug-likeness (QED) is 0.840. The van der Waals surface area contributed by atoms with Crippen LogP contribution in [0.4, 0.5) is 5.82 Å². The van der Waals surface area contributed by atoms with Gasteiger partial charge in [-0.3, -0.25) is 4.79 Å². The molecule has 1 amide bonds. The largest absolute Gasteiger partial charge is 0.384 e. The SMILES string of the molecule is C[C@@H]1CN(C(=O)c2nc(N)ccc2Cl)C[C@H](C)O1. The molecule has 2 atom stereocenters. The average Bonchev–Trinajstić information content (AvgIpc) is 2.30. The third-order valence-corrected chi connectivity index (χ3v) is 3.08. The van der Waals surface area contributed by atoms with Gasteiger partial charge in [-0.25, -0.2) is 4.98 Å². The Morgan fingerprint density at radius 1 is 1.44 bits per heavy atom. The second kappa shape index (κ2) is 5.12. The third kappa shape index (κ3) is 2.73. The lowest BCUT2D eigenvalue weighted by Crippen LogP contribution is -2.48. The van der Waals surface area contributed by atoms with E-state index >= 15 is 0 Å². The van der Waals surface area contributed by atoms with Gasteiger partial charge in [0.05, 0.1) is 17.2 Å². The van der Waals surface area contributed by atoms with Crippen LogP contribution in [0.1, 0.15) is 24.3 Å². The molecule has 6 heteroatoms. The van der Waals surface area contributed by atoms with Crippen molar-refractivity contribution < 1.29 is 9.53 Å². The molecule has 1 aliphatic rings. The van der Waals surface area contributed by atoms with Crippen LogP contribution in [0, 0.1) is 0 Å². The maximum Gasteiger partial charge on any atom is 0.274 e. The Morgan fingerprint density at radius 2 is 2.06 bits per heavy atom. The van der Waals surface area contributed by atoms with Crippen LogP contribution in [0.15, 0.2) is 12.1 Å². The number of nitrogens with two attached hydrogens (primary N) is 1. The predicted octanol–water partition coefficient (Wildman–Crippen LogP) is 1.57. The molecule has 2 heterocycles. The Bertz CT molecular complexity index is 457. The van der Waals surface area contributed by atoms with E-state index < -0.39 is 0 Å². The number of nitrogens with zero attached hydrogens (tertiary/aromatic N) is 2. The van der Waals surface area contributed by atoms with Crippen molar-refractivity contribution in [2.24, 2.45) is 0 Å². The first-order valence-corrected chi connectivity index (χ1v) is 6.22. The summed E-state index contributed by atoms with van der Waals surface area (Å²) in [6, 6.07) is 3.16. The standard InChI is InChI=1S/C12H16ClN3O2/c1-7-5-16(6-8(2)18-7)12(17)11-9(13)3-4-10(14)15-11/h3-4,7-8H,5-6H2,1-2H3,(H2,14,15)/t7-,8+. The van der Waals surface area contributed by atoms with E-state index in [-0.39, 0.29) is 29.6 Å². The number of ether oxygens (including phenoxy) is 1. The fourth-order valence-corrected chi connectivity index (χ4v) is 2.29. The van der Waals surface area contributed by atoms with Crippen LogP contribution in [0.3, 0.4) is 0 Å². The highest BCUT2D eigenvalue weighted by Crippen LogP contribution is 2.19. The lowest BCUT2D eigenvalue weighted by Gasteiger charge is -2.35. The molecule has 1 aromatic rings. The summed E-state index contributed by atoms with van der Waals surface area (Å²) in [5.74, 6) is 0.0893. The lowest BCUT2D eigenvalue weighted by molar-refractivity contribution is -0.0587. The van der Waals surface area contributed by atoms with Gasteiger partial charge in [-0.05, 0) is 26.0 Å². The summed E-state index contributed by atoms with van der Waals surface area (Å²) in [5.41, 5.74) is 5.79. The summed E-state index contributed by atoms with van der Waals surface area (Å²) >= 11 is 5.99. The summed E-state index contributed by atoms with van der Waals surface area (Å²) in [6.45, 7) is 4.95. The summed E-state index contributed by atoms with van der Waals surface area (Å²) in [4.78, 5) is 18.0. The van der Waals surface area contributed by atoms with Gasteiger partial charge in [0.25, 0.3) is 5.91 Å². The normalized spacial score (nSPS) is 24.1. The smallest absolute Gasteiger partial charge is 0.274 e. The number of hydrogen-bond acceptors (Lipinski definition) is 4. The molecule has 98 valence electrons. The minimum Gasteiger partial charge on any atom is -0.384 e. The molecule has 1 aromatic heterocycles. The van der Waals surface area contributed by atoms with Gasteiger partial charge in [0.1, 0.15) is 11.5 Å². The number of nitrogen functional groups attached to an aromatic ring is 1. The van der Waals surface area contributed by atoms with Gasteiger partial charge in [0.15, 0.2) is 0 Å². The minimum absolute atomic E-state index is 0.0116. The summed E-state index contributed by atoms with van der Waals surface area (Å²) in [5, 5.41) is 0.320. The highest BCUT2D eigenvalue weighted by molar-refractivity contribution is 6.33. The molecule has 0 spiro atoms. The molecule has 2 rings (SSSR count). The molecule has 1 aliphatic heterocycles. The third-order valence-electron chi connectivity index (χ3n) is 2.78. The summed E-state index contributed by atoms with van der Waals surface area (Å²) in [6.07, 6.45) is 0.0232. The predicted molar refractivity (Wildman–Crippen MR) is 69.6 cm³/mol. The number of pyridine rings is 1. The zero-order valence-electron chi connectivity index (χ0n) is 10.4. The van der Waals surface area contributed by atoms with E-state index in [9.17, 15) is 4.79 Å². The van der Waals surface area contributed by atoms with Crippen molar-refractivity contribution in [3.63, 3.8) is 0 Å². The molecule has 0 saturated carbocycles. The number of rotatable bonds is 1. The fraction of sp³-hybridized carbons (Fsp3) is 0.500. The van der Waals surface area contributed by atoms with Crippen molar-refractivity contribution in [2.45, 2.75) is 26.1 Å². The fourth-order valence-electron chi connectivity index (χ4n) is 2.10. The Balaban J connectivity index is 2.22. The van der Waals surface area contributed by atoms with Gasteiger partial charge in [-0.2, -0.15) is 0 Å². The van der Waals surface area contributed by atoms with E-state index in [0.717, 1.165) is 0 Å². The van der Waals surface area contributed by atoms with Gasteiger partial charge < -0.3 is 15.4 Å². The second-order valence-electron chi connectivity index (χ2n) is 4.53. The van der Waals surface area contributed by atoms with Crippen molar-refractivity contribution in [2.75, 3.05) is 18.8 Å². The van der Waals surface area contributed by atoms with E-state index in [4.69, 9.17) is 22.1 Å². The molecular formula is C12H16ClN3O2. The molecule has 0 radical (unpaired) electrons. The minimum atomic E-state index is -0.200. The first kappa shape index (κ1) is 13.1. The number of morpholine rings is 1. The Labute approximate surface area is 111 Å². The zero-order chi connectivity index (χ0) is 13.3. The van der Waals surface area contributed by atoms with Crippen LogP contribution in [0.25, 0.3) is 0 Å². The van der Waals surface area contributed by atoms with E-state index in [1.807, 2.05) is 13.8 Å². The second-order valence-corrected chi connectivity index (χ2v) is 4.94. The molecule has 0 unspecified atom stereocenters. The van der Waals surface area contributed by atoms with Gasteiger partial charge in [0, 0.05) is 13.1 Å². The number of halogens is 1. The van der Waals surface area contributed by atoms with Crippen LogP contribution >= 0.6 is 11.6 Å². The van der Waals surface area contributed by atoms with E-state index in [1.54, 1.807) is 17.0 Å². The van der Waals surface area contributed by atoms with E-state index in [0.29, 0.717) is 18.1 Å². The number of anilines is 1. The Hall–Kier alpha value is -1.33. The van der Waals surface area contributed by atoms with Crippen LogP contribution in [-0.4, -0.2) is 41.1 Å². The van der Waals surface area contributed by atoms with Crippen molar-refractivity contribution in [1.82, 2.24) is 9.88 Å². The highest BCUT2D eigenvalue weighted by Gasteiger charge is 2.28. The molecule has 1 saturated heterocycles. The maximum atomic E-state index is 12.3. The summed E-state index contributed by atoms with van der Waals surface area (Å²) in [7, 11) is 0. The van der Waals surface area contributed by atoms with E-state index in [2.05, 4.69) is 4.98 Å².